The molecule has 0 aliphatic rings. The number of hydrogen-bond donors (Lipinski definition) is 6. The molecule has 3 amide bonds. The number of guanidine groups is 1. The van der Waals surface area contributed by atoms with Crippen LogP contribution in [-0.4, -0.2) is 59.9 Å². The number of amides is 3. The van der Waals surface area contributed by atoms with Crippen molar-refractivity contribution in [1.82, 2.24) is 16.0 Å². The van der Waals surface area contributed by atoms with E-state index in [2.05, 4.69) is 21.1 Å². The fraction of sp³-hybridized carbons (Fsp3) is 0.433. The Labute approximate surface area is 271 Å². The number of carbonyl (C=O) groups is 4. The number of nitrogens with one attached hydrogen (secondary N) is 3. The third-order valence-electron chi connectivity index (χ3n) is 6.91. The fourth-order valence-corrected chi connectivity index (χ4v) is 4.61. The van der Waals surface area contributed by atoms with Gasteiger partial charge in [-0.15, -0.1) is 0 Å². The molecule has 46 heavy (non-hydrogen) atoms. The Morgan fingerprint density at radius 2 is 1.61 bits per heavy atom. The molecule has 9 N–H and O–H groups in total. The Bertz CT molecular complexity index is 1350. The van der Waals surface area contributed by atoms with Crippen LogP contribution in [0.1, 0.15) is 49.7 Å². The molecule has 16 heteroatoms. The van der Waals surface area contributed by atoms with Gasteiger partial charge in [-0.3, -0.25) is 14.4 Å². The number of nitrogens with zero attached hydrogens (tertiary/aromatic N) is 2. The Kier molecular flexibility index (Phi) is 16.5. The van der Waals surface area contributed by atoms with Crippen molar-refractivity contribution in [2.75, 3.05) is 13.1 Å². The summed E-state index contributed by atoms with van der Waals surface area (Å²) in [4.78, 5) is 60.9. The number of benzene rings is 2. The first-order valence-corrected chi connectivity index (χ1v) is 15.1. The highest BCUT2D eigenvalue weighted by atomic mass is 35.5. The molecule has 0 aromatic heterocycles. The number of primary amides is 1. The zero-order valence-corrected chi connectivity index (χ0v) is 26.1. The number of hydrogen-bond acceptors (Lipinski definition) is 8. The Morgan fingerprint density at radius 3 is 2.28 bits per heavy atom. The van der Waals surface area contributed by atoms with Crippen molar-refractivity contribution in [3.8, 4) is 0 Å². The molecule has 250 valence electrons. The van der Waals surface area contributed by atoms with Crippen molar-refractivity contribution < 1.29 is 28.9 Å². The number of nitro groups is 1. The molecule has 0 saturated heterocycles. The summed E-state index contributed by atoms with van der Waals surface area (Å²) >= 11 is 6.06. The molecule has 0 unspecified atom stereocenters. The maximum Gasteiger partial charge on any atom is 0.407 e. The average molecular weight is 661 g/mol. The van der Waals surface area contributed by atoms with Crippen LogP contribution < -0.4 is 33.2 Å². The van der Waals surface area contributed by atoms with Gasteiger partial charge in [0, 0.05) is 36.0 Å². The predicted molar refractivity (Wildman–Crippen MR) is 172 cm³/mol. The summed E-state index contributed by atoms with van der Waals surface area (Å²) in [5, 5.41) is 20.7. The lowest BCUT2D eigenvalue weighted by Gasteiger charge is -2.22. The molecule has 2 aromatic rings. The van der Waals surface area contributed by atoms with Crippen LogP contribution in [0, 0.1) is 16.0 Å². The van der Waals surface area contributed by atoms with Crippen LogP contribution in [0.3, 0.4) is 0 Å². The van der Waals surface area contributed by atoms with Gasteiger partial charge < -0.3 is 37.9 Å². The summed E-state index contributed by atoms with van der Waals surface area (Å²) in [6, 6.07) is 14.2. The van der Waals surface area contributed by atoms with Gasteiger partial charge in [-0.05, 0) is 50.2 Å². The fourth-order valence-electron chi connectivity index (χ4n) is 4.42. The number of carbonyl (C=O) groups excluding carboxylic acids is 4. The van der Waals surface area contributed by atoms with Crippen molar-refractivity contribution in [2.24, 2.45) is 28.2 Å². The van der Waals surface area contributed by atoms with Gasteiger partial charge in [0.05, 0.1) is 6.04 Å². The number of ether oxygens (including phenoxy) is 1. The van der Waals surface area contributed by atoms with Crippen LogP contribution in [0.4, 0.5) is 4.79 Å². The lowest BCUT2D eigenvalue weighted by molar-refractivity contribution is -0.485. The van der Waals surface area contributed by atoms with Crippen molar-refractivity contribution in [2.45, 2.75) is 63.6 Å². The van der Waals surface area contributed by atoms with Crippen molar-refractivity contribution in [1.29, 1.82) is 0 Å². The number of alkyl carbamates (subject to hydrolysis) is 1. The number of rotatable bonds is 20. The monoisotopic (exact) mass is 660 g/mol. The molecular formula is C30H41ClN8O7. The quantitative estimate of drug-likeness (QED) is 0.0394. The molecule has 15 nitrogen and oxygen atoms in total. The normalized spacial score (nSPS) is 13.1. The molecule has 0 aliphatic heterocycles. The molecule has 3 atom stereocenters. The van der Waals surface area contributed by atoms with E-state index in [1.165, 1.54) is 0 Å². The summed E-state index contributed by atoms with van der Waals surface area (Å²) in [5.74, 6) is -2.78. The van der Waals surface area contributed by atoms with E-state index in [0.717, 1.165) is 5.56 Å². The maximum absolute atomic E-state index is 13.3. The van der Waals surface area contributed by atoms with E-state index in [1.54, 1.807) is 24.3 Å². The van der Waals surface area contributed by atoms with Gasteiger partial charge in [0.15, 0.2) is 5.03 Å². The van der Waals surface area contributed by atoms with Crippen molar-refractivity contribution >= 4 is 41.3 Å². The van der Waals surface area contributed by atoms with Crippen LogP contribution in [-0.2, 0) is 32.1 Å². The van der Waals surface area contributed by atoms with Crippen LogP contribution in [0.15, 0.2) is 59.7 Å². The van der Waals surface area contributed by atoms with E-state index in [9.17, 15) is 29.3 Å². The minimum absolute atomic E-state index is 0.0203. The molecule has 0 heterocycles. The zero-order chi connectivity index (χ0) is 33.9. The number of nitrogens with two attached hydrogens (primary N) is 3. The van der Waals surface area contributed by atoms with Gasteiger partial charge in [0.25, 0.3) is 5.96 Å². The highest BCUT2D eigenvalue weighted by molar-refractivity contribution is 6.31. The Hall–Kier alpha value is -4.76. The minimum atomic E-state index is -0.987. The van der Waals surface area contributed by atoms with E-state index in [4.69, 9.17) is 33.5 Å². The second kappa shape index (κ2) is 20.3. The zero-order valence-electron chi connectivity index (χ0n) is 25.4. The smallest absolute Gasteiger partial charge is 0.407 e. The lowest BCUT2D eigenvalue weighted by Crippen LogP contribution is -2.48. The highest BCUT2D eigenvalue weighted by Crippen LogP contribution is 2.17. The van der Waals surface area contributed by atoms with Crippen LogP contribution in [0.5, 0.6) is 0 Å². The van der Waals surface area contributed by atoms with Crippen LogP contribution in [0.25, 0.3) is 0 Å². The first-order chi connectivity index (χ1) is 22.0. The molecule has 2 aromatic carbocycles. The second-order valence-corrected chi connectivity index (χ2v) is 10.9. The van der Waals surface area contributed by atoms with Crippen LogP contribution >= 0.6 is 11.6 Å². The third-order valence-corrected chi connectivity index (χ3v) is 7.28. The highest BCUT2D eigenvalue weighted by Gasteiger charge is 2.28. The third kappa shape index (κ3) is 14.8. The second-order valence-electron chi connectivity index (χ2n) is 10.5. The van der Waals surface area contributed by atoms with E-state index < -0.39 is 40.9 Å². The molecule has 0 spiro atoms. The van der Waals surface area contributed by atoms with E-state index in [1.807, 2.05) is 30.3 Å². The Morgan fingerprint density at radius 1 is 0.935 bits per heavy atom. The summed E-state index contributed by atoms with van der Waals surface area (Å²) in [7, 11) is 0. The Balaban J connectivity index is 1.87. The molecule has 2 rings (SSSR count). The molecule has 0 fully saturated rings. The van der Waals surface area contributed by atoms with E-state index >= 15 is 0 Å². The SMILES string of the molecule is NC(=O)[C@H](CCCCNC(=O)OCc1ccccc1Cl)NC(=O)[C@@H](CC(=O)[C@H](N)CCCN/C(N)=N\[N+](=O)[O-])Cc1ccccc1. The molecular weight excluding hydrogens is 620 g/mol. The largest absolute Gasteiger partial charge is 0.445 e. The van der Waals surface area contributed by atoms with Gasteiger partial charge in [0.2, 0.25) is 11.8 Å². The topological polar surface area (TPSA) is 247 Å². The van der Waals surface area contributed by atoms with E-state index in [-0.39, 0.29) is 57.1 Å². The number of hydrazone groups is 1. The first kappa shape index (κ1) is 37.4. The van der Waals surface area contributed by atoms with Crippen LogP contribution in [0.2, 0.25) is 5.02 Å². The van der Waals surface area contributed by atoms with Gasteiger partial charge in [-0.2, -0.15) is 0 Å². The summed E-state index contributed by atoms with van der Waals surface area (Å²) < 4.78 is 5.16. The summed E-state index contributed by atoms with van der Waals surface area (Å²) in [5.41, 5.74) is 18.5. The van der Waals surface area contributed by atoms with Crippen molar-refractivity contribution in [3.63, 3.8) is 0 Å². The van der Waals surface area contributed by atoms with Gasteiger partial charge in [-0.1, -0.05) is 60.1 Å². The molecule has 0 aliphatic carbocycles. The number of unbranched alkanes of at least 4 members (excludes halogenated alkanes) is 1. The minimum Gasteiger partial charge on any atom is -0.445 e. The maximum atomic E-state index is 13.3. The van der Waals surface area contributed by atoms with Gasteiger partial charge in [0.1, 0.15) is 23.5 Å². The standard InChI is InChI=1S/C30H41ClN8O7/c31-23-12-5-4-11-21(23)19-46-30(43)36-15-7-6-14-25(27(33)41)37-28(42)22(17-20-9-2-1-3-10-20)18-26(40)24(32)13-8-16-35-29(34)38-39(44)45/h1-5,9-12,22,24-25H,6-8,13-19,32H2,(H2,33,41)(H,36,43)(H,37,42)(H3,34,35,38)/t22-,24-,25+/m1/s1. The van der Waals surface area contributed by atoms with E-state index in [0.29, 0.717) is 29.8 Å². The first-order valence-electron chi connectivity index (χ1n) is 14.7. The average Bonchev–Trinajstić information content (AvgIpc) is 3.01. The molecule has 0 radical (unpaired) electrons. The summed E-state index contributed by atoms with van der Waals surface area (Å²) in [6.07, 6.45) is 1.21. The molecule has 0 bridgehead atoms. The molecule has 0 saturated carbocycles. The summed E-state index contributed by atoms with van der Waals surface area (Å²) in [6.45, 7) is 0.499. The number of Topliss-reactive ketones (excluding diaryl/α,β-unsaturated/α-hetero) is 1. The van der Waals surface area contributed by atoms with Gasteiger partial charge >= 0.3 is 6.09 Å². The van der Waals surface area contributed by atoms with Gasteiger partial charge in [-0.25, -0.2) is 14.9 Å². The predicted octanol–water partition coefficient (Wildman–Crippen LogP) is 1.73. The van der Waals surface area contributed by atoms with Crippen molar-refractivity contribution in [3.05, 3.63) is 80.9 Å². The number of ketones is 1. The lowest BCUT2D eigenvalue weighted by atomic mass is 9.90. The number of halogens is 1.